The normalized spacial score (nSPS) is 12.0. The first-order chi connectivity index (χ1) is 7.43. The van der Waals surface area contributed by atoms with Gasteiger partial charge in [0.15, 0.2) is 9.84 Å². The molecular formula is C10H17N3O2S. The molecule has 0 heterocycles. The molecule has 0 spiro atoms. The van der Waals surface area contributed by atoms with Crippen LogP contribution in [0.3, 0.4) is 0 Å². The average Bonchev–Trinajstić information content (AvgIpc) is 2.17. The topological polar surface area (TPSA) is 75.4 Å². The number of benzene rings is 1. The minimum Gasteiger partial charge on any atom is -0.288 e. The second-order valence-electron chi connectivity index (χ2n) is 3.79. The van der Waals surface area contributed by atoms with Crippen LogP contribution in [-0.2, 0) is 16.4 Å². The third-order valence-corrected chi connectivity index (χ3v) is 3.29. The highest BCUT2D eigenvalue weighted by atomic mass is 32.2. The van der Waals surface area contributed by atoms with Crippen LogP contribution in [0.1, 0.15) is 5.56 Å². The summed E-state index contributed by atoms with van der Waals surface area (Å²) in [6.45, 7) is 1.29. The lowest BCUT2D eigenvalue weighted by atomic mass is 10.2. The number of hydrogen-bond donors (Lipinski definition) is 2. The molecule has 16 heavy (non-hydrogen) atoms. The largest absolute Gasteiger partial charge is 0.288 e. The SMILES string of the molecule is CN(CNN)Cc1ccc(S(C)(=O)=O)cc1. The predicted octanol–water partition coefficient (Wildman–Crippen LogP) is -0.0573. The van der Waals surface area contributed by atoms with E-state index in [0.29, 0.717) is 18.1 Å². The first-order valence-corrected chi connectivity index (χ1v) is 6.73. The van der Waals surface area contributed by atoms with Crippen molar-refractivity contribution in [3.8, 4) is 0 Å². The van der Waals surface area contributed by atoms with E-state index in [1.165, 1.54) is 6.26 Å². The number of hydrazine groups is 1. The molecule has 1 aromatic carbocycles. The quantitative estimate of drug-likeness (QED) is 0.430. The van der Waals surface area contributed by atoms with E-state index in [9.17, 15) is 8.42 Å². The van der Waals surface area contributed by atoms with Gasteiger partial charge < -0.3 is 0 Å². The molecule has 0 aromatic heterocycles. The van der Waals surface area contributed by atoms with Gasteiger partial charge in [-0.3, -0.25) is 10.7 Å². The minimum atomic E-state index is -3.10. The van der Waals surface area contributed by atoms with Gasteiger partial charge in [0.1, 0.15) is 0 Å². The molecule has 0 atom stereocenters. The van der Waals surface area contributed by atoms with Crippen LogP contribution in [0.5, 0.6) is 0 Å². The van der Waals surface area contributed by atoms with E-state index in [1.807, 2.05) is 24.1 Å². The van der Waals surface area contributed by atoms with E-state index < -0.39 is 9.84 Å². The van der Waals surface area contributed by atoms with E-state index in [0.717, 1.165) is 5.56 Å². The van der Waals surface area contributed by atoms with Crippen LogP contribution in [-0.4, -0.2) is 33.3 Å². The maximum absolute atomic E-state index is 11.2. The summed E-state index contributed by atoms with van der Waals surface area (Å²) in [5.41, 5.74) is 3.60. The van der Waals surface area contributed by atoms with Crippen molar-refractivity contribution in [2.45, 2.75) is 11.4 Å². The Labute approximate surface area is 96.1 Å². The Hall–Kier alpha value is -0.950. The molecule has 1 rings (SSSR count). The molecule has 0 fully saturated rings. The molecule has 0 saturated carbocycles. The zero-order valence-corrected chi connectivity index (χ0v) is 10.3. The van der Waals surface area contributed by atoms with Gasteiger partial charge in [-0.05, 0) is 24.7 Å². The highest BCUT2D eigenvalue weighted by Gasteiger charge is 2.06. The molecule has 3 N–H and O–H groups in total. The van der Waals surface area contributed by atoms with Gasteiger partial charge in [0.2, 0.25) is 0 Å². The van der Waals surface area contributed by atoms with Gasteiger partial charge in [-0.2, -0.15) is 0 Å². The lowest BCUT2D eigenvalue weighted by molar-refractivity contribution is 0.301. The molecule has 1 aromatic rings. The third kappa shape index (κ3) is 3.90. The van der Waals surface area contributed by atoms with Gasteiger partial charge in [0, 0.05) is 12.8 Å². The molecule has 5 nitrogen and oxygen atoms in total. The molecule has 0 bridgehead atoms. The first-order valence-electron chi connectivity index (χ1n) is 4.84. The van der Waals surface area contributed by atoms with Crippen LogP contribution in [0.4, 0.5) is 0 Å². The van der Waals surface area contributed by atoms with Crippen molar-refractivity contribution in [2.75, 3.05) is 20.0 Å². The van der Waals surface area contributed by atoms with E-state index in [1.54, 1.807) is 12.1 Å². The van der Waals surface area contributed by atoms with Crippen molar-refractivity contribution in [3.05, 3.63) is 29.8 Å². The Kier molecular flexibility index (Phi) is 4.43. The fraction of sp³-hybridized carbons (Fsp3) is 0.400. The summed E-state index contributed by atoms with van der Waals surface area (Å²) in [6.07, 6.45) is 1.20. The molecular weight excluding hydrogens is 226 g/mol. The summed E-state index contributed by atoms with van der Waals surface area (Å²) in [7, 11) is -1.18. The number of sulfone groups is 1. The van der Waals surface area contributed by atoms with Gasteiger partial charge in [-0.1, -0.05) is 12.1 Å². The van der Waals surface area contributed by atoms with Crippen LogP contribution < -0.4 is 11.3 Å². The zero-order chi connectivity index (χ0) is 12.2. The Morgan fingerprint density at radius 3 is 2.31 bits per heavy atom. The highest BCUT2D eigenvalue weighted by molar-refractivity contribution is 7.90. The van der Waals surface area contributed by atoms with Crippen molar-refractivity contribution < 1.29 is 8.42 Å². The van der Waals surface area contributed by atoms with E-state index in [-0.39, 0.29) is 0 Å². The summed E-state index contributed by atoms with van der Waals surface area (Å²) in [5.74, 6) is 5.19. The third-order valence-electron chi connectivity index (χ3n) is 2.17. The Morgan fingerprint density at radius 2 is 1.88 bits per heavy atom. The van der Waals surface area contributed by atoms with Crippen LogP contribution in [0, 0.1) is 0 Å². The van der Waals surface area contributed by atoms with Crippen LogP contribution in [0.2, 0.25) is 0 Å². The molecule has 0 unspecified atom stereocenters. The molecule has 0 aliphatic rings. The molecule has 0 aliphatic carbocycles. The summed E-state index contributed by atoms with van der Waals surface area (Å²) in [5, 5.41) is 0. The summed E-state index contributed by atoms with van der Waals surface area (Å²) >= 11 is 0. The second kappa shape index (κ2) is 5.40. The zero-order valence-electron chi connectivity index (χ0n) is 9.47. The van der Waals surface area contributed by atoms with Crippen LogP contribution in [0.25, 0.3) is 0 Å². The number of nitrogens with two attached hydrogens (primary N) is 1. The smallest absolute Gasteiger partial charge is 0.175 e. The molecule has 0 aliphatic heterocycles. The maximum atomic E-state index is 11.2. The molecule has 0 saturated heterocycles. The minimum absolute atomic E-state index is 0.343. The number of hydrogen-bond acceptors (Lipinski definition) is 5. The van der Waals surface area contributed by atoms with Crippen molar-refractivity contribution in [2.24, 2.45) is 5.84 Å². The second-order valence-corrected chi connectivity index (χ2v) is 5.81. The van der Waals surface area contributed by atoms with Crippen molar-refractivity contribution >= 4 is 9.84 Å². The summed E-state index contributed by atoms with van der Waals surface area (Å²) < 4.78 is 22.5. The van der Waals surface area contributed by atoms with Gasteiger partial charge in [-0.15, -0.1) is 0 Å². The molecule has 6 heteroatoms. The van der Waals surface area contributed by atoms with Crippen LogP contribution in [0.15, 0.2) is 29.2 Å². The van der Waals surface area contributed by atoms with Crippen LogP contribution >= 0.6 is 0 Å². The molecule has 90 valence electrons. The maximum Gasteiger partial charge on any atom is 0.175 e. The Bertz CT molecular complexity index is 428. The average molecular weight is 243 g/mol. The number of nitrogens with zero attached hydrogens (tertiary/aromatic N) is 1. The first kappa shape index (κ1) is 13.1. The molecule has 0 radical (unpaired) electrons. The standard InChI is InChI=1S/C10H17N3O2S/c1-13(8-12-11)7-9-3-5-10(6-4-9)16(2,14)15/h3-6,12H,7-8,11H2,1-2H3. The van der Waals surface area contributed by atoms with Gasteiger partial charge >= 0.3 is 0 Å². The fourth-order valence-electron chi connectivity index (χ4n) is 1.37. The van der Waals surface area contributed by atoms with E-state index in [2.05, 4.69) is 5.43 Å². The fourth-order valence-corrected chi connectivity index (χ4v) is 2.00. The highest BCUT2D eigenvalue weighted by Crippen LogP contribution is 2.11. The lowest BCUT2D eigenvalue weighted by Gasteiger charge is -2.15. The number of nitrogens with one attached hydrogen (secondary N) is 1. The van der Waals surface area contributed by atoms with E-state index >= 15 is 0 Å². The van der Waals surface area contributed by atoms with Crippen molar-refractivity contribution in [3.63, 3.8) is 0 Å². The summed E-state index contributed by atoms with van der Waals surface area (Å²) in [6, 6.07) is 6.86. The molecule has 0 amide bonds. The summed E-state index contributed by atoms with van der Waals surface area (Å²) in [4.78, 5) is 2.32. The van der Waals surface area contributed by atoms with Gasteiger partial charge in [0.05, 0.1) is 11.6 Å². The lowest BCUT2D eigenvalue weighted by Crippen LogP contribution is -2.34. The predicted molar refractivity (Wildman–Crippen MR) is 63.2 cm³/mol. The van der Waals surface area contributed by atoms with Crippen molar-refractivity contribution in [1.82, 2.24) is 10.3 Å². The van der Waals surface area contributed by atoms with Crippen molar-refractivity contribution in [1.29, 1.82) is 0 Å². The van der Waals surface area contributed by atoms with E-state index in [4.69, 9.17) is 5.84 Å². The van der Waals surface area contributed by atoms with Gasteiger partial charge in [0.25, 0.3) is 0 Å². The van der Waals surface area contributed by atoms with Gasteiger partial charge in [-0.25, -0.2) is 13.8 Å². The monoisotopic (exact) mass is 243 g/mol. The number of rotatable bonds is 5. The Morgan fingerprint density at radius 1 is 1.31 bits per heavy atom. The Balaban J connectivity index is 2.72.